The Morgan fingerprint density at radius 3 is 1.77 bits per heavy atom. The van der Waals surface area contributed by atoms with Crippen molar-refractivity contribution in [3.8, 4) is 0 Å². The Morgan fingerprint density at radius 1 is 0.769 bits per heavy atom. The van der Waals surface area contributed by atoms with Gasteiger partial charge in [0.15, 0.2) is 0 Å². The summed E-state index contributed by atoms with van der Waals surface area (Å²) in [6, 6.07) is 32.9. The molecule has 0 saturated carbocycles. The van der Waals surface area contributed by atoms with Crippen molar-refractivity contribution >= 4 is 13.2 Å². The Bertz CT molecular complexity index is 832. The summed E-state index contributed by atoms with van der Waals surface area (Å²) in [5, 5.41) is 1.32. The molecule has 0 aliphatic carbocycles. The predicted molar refractivity (Wildman–Crippen MR) is 111 cm³/mol. The molecule has 1 aliphatic rings. The zero-order valence-corrected chi connectivity index (χ0v) is 15.9. The maximum Gasteiger partial charge on any atom is 0.0832 e. The van der Waals surface area contributed by atoms with Crippen LogP contribution in [0.5, 0.6) is 0 Å². The lowest BCUT2D eigenvalue weighted by atomic mass is 9.83. The fraction of sp³-hybridized carbons (Fsp3) is 0.167. The van der Waals surface area contributed by atoms with E-state index in [9.17, 15) is 0 Å². The number of methoxy groups -OCH3 is 1. The highest BCUT2D eigenvalue weighted by Crippen LogP contribution is 2.68. The van der Waals surface area contributed by atoms with Crippen LogP contribution >= 0.6 is 7.92 Å². The van der Waals surface area contributed by atoms with E-state index in [2.05, 4.69) is 91.0 Å². The molecule has 3 aromatic carbocycles. The molecule has 1 heterocycles. The zero-order chi connectivity index (χ0) is 17.8. The smallest absolute Gasteiger partial charge is 0.0832 e. The summed E-state index contributed by atoms with van der Waals surface area (Å²) in [4.78, 5) is 0. The summed E-state index contributed by atoms with van der Waals surface area (Å²) in [6.07, 6.45) is 4.24. The average molecular weight is 358 g/mol. The summed E-state index contributed by atoms with van der Waals surface area (Å²) >= 11 is 0. The molecule has 3 aromatic rings. The molecule has 26 heavy (non-hydrogen) atoms. The van der Waals surface area contributed by atoms with E-state index in [-0.39, 0.29) is 5.16 Å². The second kappa shape index (κ2) is 7.48. The molecule has 0 aromatic heterocycles. The molecule has 0 radical (unpaired) electrons. The van der Waals surface area contributed by atoms with Crippen molar-refractivity contribution < 1.29 is 4.74 Å². The number of ether oxygens (including phenoxy) is 1. The second-order valence-electron chi connectivity index (χ2n) is 6.56. The second-order valence-corrected chi connectivity index (χ2v) is 9.05. The van der Waals surface area contributed by atoms with Crippen LogP contribution in [0.3, 0.4) is 0 Å². The third kappa shape index (κ3) is 2.77. The highest BCUT2D eigenvalue weighted by molar-refractivity contribution is 7.67. The van der Waals surface area contributed by atoms with Crippen molar-refractivity contribution in [1.29, 1.82) is 0 Å². The Balaban J connectivity index is 2.02. The molecule has 0 spiro atoms. The summed E-state index contributed by atoms with van der Waals surface area (Å²) in [5.74, 6) is 0. The summed E-state index contributed by atoms with van der Waals surface area (Å²) in [5.41, 5.74) is 4.11. The molecule has 1 saturated heterocycles. The van der Waals surface area contributed by atoms with E-state index in [4.69, 9.17) is 4.74 Å². The van der Waals surface area contributed by atoms with Crippen molar-refractivity contribution in [1.82, 2.24) is 0 Å². The van der Waals surface area contributed by atoms with Gasteiger partial charge in [0.25, 0.3) is 0 Å². The number of allylic oxidation sites excluding steroid dienone is 1. The Kier molecular flexibility index (Phi) is 4.91. The predicted octanol–water partition coefficient (Wildman–Crippen LogP) is 5.67. The van der Waals surface area contributed by atoms with E-state index in [1.807, 2.05) is 6.26 Å². The van der Waals surface area contributed by atoms with Crippen LogP contribution < -0.4 is 5.30 Å². The molecule has 0 bridgehead atoms. The molecule has 4 rings (SSSR count). The van der Waals surface area contributed by atoms with Gasteiger partial charge in [-0.2, -0.15) is 0 Å². The average Bonchev–Trinajstić information content (AvgIpc) is 3.10. The van der Waals surface area contributed by atoms with Crippen LogP contribution in [0, 0.1) is 0 Å². The number of hydrogen-bond acceptors (Lipinski definition) is 1. The van der Waals surface area contributed by atoms with Crippen LogP contribution in [0.25, 0.3) is 0 Å². The van der Waals surface area contributed by atoms with E-state index in [1.54, 1.807) is 7.11 Å². The van der Waals surface area contributed by atoms with E-state index in [0.29, 0.717) is 0 Å². The molecule has 1 fully saturated rings. The van der Waals surface area contributed by atoms with E-state index < -0.39 is 7.92 Å². The molecule has 1 unspecified atom stereocenters. The molecule has 2 heteroatoms. The van der Waals surface area contributed by atoms with Gasteiger partial charge in [-0.25, -0.2) is 0 Å². The van der Waals surface area contributed by atoms with E-state index in [1.165, 1.54) is 28.2 Å². The normalized spacial score (nSPS) is 20.2. The van der Waals surface area contributed by atoms with E-state index in [0.717, 1.165) is 6.42 Å². The molecular weight excluding hydrogens is 335 g/mol. The molecule has 130 valence electrons. The minimum atomic E-state index is -0.440. The molecule has 1 nitrogen and oxygen atoms in total. The minimum absolute atomic E-state index is 0.130. The van der Waals surface area contributed by atoms with Gasteiger partial charge < -0.3 is 4.74 Å². The highest BCUT2D eigenvalue weighted by atomic mass is 31.1. The largest absolute Gasteiger partial charge is 0.504 e. The Hall–Kier alpha value is -2.37. The van der Waals surface area contributed by atoms with Crippen molar-refractivity contribution in [2.75, 3.05) is 13.3 Å². The summed E-state index contributed by atoms with van der Waals surface area (Å²) in [7, 11) is 1.32. The lowest BCUT2D eigenvalue weighted by Crippen LogP contribution is -2.28. The maximum absolute atomic E-state index is 5.56. The van der Waals surface area contributed by atoms with Crippen molar-refractivity contribution in [3.05, 3.63) is 114 Å². The fourth-order valence-corrected chi connectivity index (χ4v) is 7.59. The lowest BCUT2D eigenvalue weighted by Gasteiger charge is -2.38. The number of hydrogen-bond donors (Lipinski definition) is 0. The lowest BCUT2D eigenvalue weighted by molar-refractivity contribution is 0.330. The SMILES string of the molecule is COC=C1CCP(c2ccccc2)C1(c1ccccc1)c1ccccc1. The number of benzene rings is 3. The van der Waals surface area contributed by atoms with Gasteiger partial charge >= 0.3 is 0 Å². The van der Waals surface area contributed by atoms with Gasteiger partial charge in [0, 0.05) is 0 Å². The van der Waals surface area contributed by atoms with Crippen LogP contribution in [-0.2, 0) is 9.89 Å². The first kappa shape index (κ1) is 17.1. The first-order chi connectivity index (χ1) is 12.9. The van der Waals surface area contributed by atoms with Crippen LogP contribution in [0.1, 0.15) is 17.5 Å². The van der Waals surface area contributed by atoms with Gasteiger partial charge in [-0.05, 0) is 34.6 Å². The van der Waals surface area contributed by atoms with Crippen molar-refractivity contribution in [2.45, 2.75) is 11.6 Å². The van der Waals surface area contributed by atoms with Crippen molar-refractivity contribution in [2.24, 2.45) is 0 Å². The van der Waals surface area contributed by atoms with E-state index >= 15 is 0 Å². The van der Waals surface area contributed by atoms with Gasteiger partial charge in [0.1, 0.15) is 0 Å². The van der Waals surface area contributed by atoms with Crippen LogP contribution in [-0.4, -0.2) is 13.3 Å². The fourth-order valence-electron chi connectivity index (χ4n) is 4.18. The first-order valence-electron chi connectivity index (χ1n) is 9.03. The first-order valence-corrected chi connectivity index (χ1v) is 10.6. The van der Waals surface area contributed by atoms with Gasteiger partial charge in [-0.15, -0.1) is 0 Å². The topological polar surface area (TPSA) is 9.23 Å². The van der Waals surface area contributed by atoms with Gasteiger partial charge in [0.2, 0.25) is 0 Å². The third-order valence-electron chi connectivity index (χ3n) is 5.19. The van der Waals surface area contributed by atoms with Gasteiger partial charge in [-0.1, -0.05) is 98.9 Å². The monoisotopic (exact) mass is 358 g/mol. The van der Waals surface area contributed by atoms with Crippen LogP contribution in [0.4, 0.5) is 0 Å². The summed E-state index contributed by atoms with van der Waals surface area (Å²) in [6.45, 7) is 0. The Morgan fingerprint density at radius 2 is 1.27 bits per heavy atom. The molecule has 1 atom stereocenters. The van der Waals surface area contributed by atoms with Crippen molar-refractivity contribution in [3.63, 3.8) is 0 Å². The highest BCUT2D eigenvalue weighted by Gasteiger charge is 2.49. The molecule has 0 N–H and O–H groups in total. The standard InChI is InChI=1S/C24H23OP/c1-25-19-22-17-18-26(23-15-9-4-10-16-23)24(22,20-11-5-2-6-12-20)21-13-7-3-8-14-21/h2-16,19H,17-18H2,1H3. The molecule has 1 aliphatic heterocycles. The third-order valence-corrected chi connectivity index (χ3v) is 8.39. The van der Waals surface area contributed by atoms with Crippen LogP contribution in [0.2, 0.25) is 0 Å². The van der Waals surface area contributed by atoms with Crippen LogP contribution in [0.15, 0.2) is 103 Å². The molecular formula is C24H23OP. The Labute approximate surface area is 157 Å². The minimum Gasteiger partial charge on any atom is -0.504 e. The number of rotatable bonds is 4. The summed E-state index contributed by atoms with van der Waals surface area (Å²) < 4.78 is 5.56. The maximum atomic E-state index is 5.56. The van der Waals surface area contributed by atoms with Gasteiger partial charge in [0.05, 0.1) is 18.5 Å². The van der Waals surface area contributed by atoms with Gasteiger partial charge in [-0.3, -0.25) is 0 Å². The quantitative estimate of drug-likeness (QED) is 0.431. The zero-order valence-electron chi connectivity index (χ0n) is 15.0. The molecule has 0 amide bonds.